The Morgan fingerprint density at radius 3 is 0.778 bits per heavy atom. The summed E-state index contributed by atoms with van der Waals surface area (Å²) in [7, 11) is 0. The van der Waals surface area contributed by atoms with Gasteiger partial charge in [-0.25, -0.2) is 0 Å². The number of thioether (sulfide) groups is 1. The van der Waals surface area contributed by atoms with E-state index in [4.69, 9.17) is 0 Å². The Morgan fingerprint density at radius 2 is 0.519 bits per heavy atom. The lowest BCUT2D eigenvalue weighted by Crippen LogP contribution is -1.87. The maximum atomic E-state index is 2.30. The Morgan fingerprint density at radius 1 is 0.296 bits per heavy atom. The third-order valence-corrected chi connectivity index (χ3v) is 6.94. The third kappa shape index (κ3) is 26.4. The lowest BCUT2D eigenvalue weighted by Gasteiger charge is -2.04. The van der Waals surface area contributed by atoms with Gasteiger partial charge in [0.15, 0.2) is 0 Å². The molecule has 0 heterocycles. The van der Waals surface area contributed by atoms with Crippen molar-refractivity contribution in [3.05, 3.63) is 0 Å². The second-order valence-corrected chi connectivity index (χ2v) is 9.91. The van der Waals surface area contributed by atoms with Crippen molar-refractivity contribution >= 4 is 11.8 Å². The van der Waals surface area contributed by atoms with E-state index in [1.165, 1.54) is 153 Å². The van der Waals surface area contributed by atoms with Crippen molar-refractivity contribution in [3.8, 4) is 0 Å². The molecule has 164 valence electrons. The zero-order valence-electron chi connectivity index (χ0n) is 19.4. The van der Waals surface area contributed by atoms with Gasteiger partial charge in [-0.3, -0.25) is 0 Å². The third-order valence-electron chi connectivity index (χ3n) is 5.78. The van der Waals surface area contributed by atoms with Crippen molar-refractivity contribution in [3.63, 3.8) is 0 Å². The van der Waals surface area contributed by atoms with Gasteiger partial charge in [-0.05, 0) is 24.3 Å². The van der Waals surface area contributed by atoms with E-state index in [0.717, 1.165) is 0 Å². The van der Waals surface area contributed by atoms with Crippen LogP contribution in [0.5, 0.6) is 0 Å². The highest BCUT2D eigenvalue weighted by atomic mass is 32.2. The van der Waals surface area contributed by atoms with Crippen LogP contribution in [0.4, 0.5) is 0 Å². The first kappa shape index (κ1) is 27.4. The normalized spacial score (nSPS) is 11.3. The lowest BCUT2D eigenvalue weighted by molar-refractivity contribution is 0.538. The van der Waals surface area contributed by atoms with Crippen LogP contribution in [0.25, 0.3) is 0 Å². The van der Waals surface area contributed by atoms with Crippen LogP contribution in [0.1, 0.15) is 155 Å². The number of hydrogen-bond donors (Lipinski definition) is 0. The topological polar surface area (TPSA) is 0 Å². The maximum Gasteiger partial charge on any atom is -0.00675 e. The highest BCUT2D eigenvalue weighted by Crippen LogP contribution is 2.15. The van der Waals surface area contributed by atoms with Crippen LogP contribution < -0.4 is 0 Å². The van der Waals surface area contributed by atoms with E-state index in [-0.39, 0.29) is 0 Å². The van der Waals surface area contributed by atoms with Crippen LogP contribution in [0.15, 0.2) is 0 Å². The van der Waals surface area contributed by atoms with Crippen LogP contribution in [-0.2, 0) is 0 Å². The predicted molar refractivity (Wildman–Crippen MR) is 130 cm³/mol. The van der Waals surface area contributed by atoms with Gasteiger partial charge in [0.2, 0.25) is 0 Å². The fraction of sp³-hybridized carbons (Fsp3) is 1.00. The Hall–Kier alpha value is 0.350. The molecule has 0 bridgehead atoms. The molecule has 0 saturated carbocycles. The Kier molecular flexibility index (Phi) is 26.7. The van der Waals surface area contributed by atoms with Crippen LogP contribution >= 0.6 is 11.8 Å². The summed E-state index contributed by atoms with van der Waals surface area (Å²) in [6.45, 7) is 4.60. The van der Waals surface area contributed by atoms with Crippen molar-refractivity contribution in [2.24, 2.45) is 0 Å². The molecule has 0 aliphatic carbocycles. The van der Waals surface area contributed by atoms with Crippen molar-refractivity contribution in [2.45, 2.75) is 155 Å². The predicted octanol–water partition coefficient (Wildman–Crippen LogP) is 10.3. The van der Waals surface area contributed by atoms with Gasteiger partial charge >= 0.3 is 0 Å². The minimum atomic E-state index is 1.37. The monoisotopic (exact) mass is 398 g/mol. The molecule has 27 heavy (non-hydrogen) atoms. The molecule has 0 aliphatic rings. The van der Waals surface area contributed by atoms with Crippen LogP contribution in [0.2, 0.25) is 0 Å². The SMILES string of the molecule is CCCCCCCCCCCCCCCCSCCCCCCCCCC. The summed E-state index contributed by atoms with van der Waals surface area (Å²) in [5, 5.41) is 0. The Bertz CT molecular complexity index is 214. The molecule has 0 aromatic carbocycles. The van der Waals surface area contributed by atoms with Gasteiger partial charge < -0.3 is 0 Å². The summed E-state index contributed by atoms with van der Waals surface area (Å²) >= 11 is 2.21. The molecule has 0 amide bonds. The summed E-state index contributed by atoms with van der Waals surface area (Å²) in [4.78, 5) is 0. The molecule has 0 N–H and O–H groups in total. The van der Waals surface area contributed by atoms with E-state index in [0.29, 0.717) is 0 Å². The van der Waals surface area contributed by atoms with E-state index in [1.54, 1.807) is 0 Å². The summed E-state index contributed by atoms with van der Waals surface area (Å²) in [6, 6.07) is 0. The van der Waals surface area contributed by atoms with Gasteiger partial charge in [-0.2, -0.15) is 11.8 Å². The average Bonchev–Trinajstić information content (AvgIpc) is 2.68. The van der Waals surface area contributed by atoms with E-state index >= 15 is 0 Å². The number of hydrogen-bond acceptors (Lipinski definition) is 1. The molecule has 0 unspecified atom stereocenters. The molecule has 0 saturated heterocycles. The summed E-state index contributed by atoms with van der Waals surface area (Å²) in [5.41, 5.74) is 0. The molecule has 0 spiro atoms. The molecular formula is C26H54S. The minimum absolute atomic E-state index is 1.37. The fourth-order valence-electron chi connectivity index (χ4n) is 3.84. The van der Waals surface area contributed by atoms with Gasteiger partial charge in [0, 0.05) is 0 Å². The molecule has 0 aromatic heterocycles. The highest BCUT2D eigenvalue weighted by Gasteiger charge is 1.95. The van der Waals surface area contributed by atoms with Crippen molar-refractivity contribution in [1.82, 2.24) is 0 Å². The zero-order valence-corrected chi connectivity index (χ0v) is 20.2. The van der Waals surface area contributed by atoms with E-state index in [9.17, 15) is 0 Å². The molecule has 0 aliphatic heterocycles. The second-order valence-electron chi connectivity index (χ2n) is 8.68. The first-order chi connectivity index (χ1) is 13.4. The molecular weight excluding hydrogens is 344 g/mol. The van der Waals surface area contributed by atoms with Gasteiger partial charge in [0.05, 0.1) is 0 Å². The molecule has 0 aromatic rings. The average molecular weight is 399 g/mol. The van der Waals surface area contributed by atoms with Crippen molar-refractivity contribution < 1.29 is 0 Å². The first-order valence-corrected chi connectivity index (χ1v) is 14.1. The van der Waals surface area contributed by atoms with Crippen molar-refractivity contribution in [2.75, 3.05) is 11.5 Å². The van der Waals surface area contributed by atoms with Gasteiger partial charge in [-0.15, -0.1) is 0 Å². The lowest BCUT2D eigenvalue weighted by atomic mass is 10.0. The summed E-state index contributed by atoms with van der Waals surface area (Å²) in [6.07, 6.45) is 32.2. The standard InChI is InChI=1S/C26H54S/c1-3-5-7-9-11-13-14-15-16-17-18-20-22-24-26-27-25-23-21-19-12-10-8-6-4-2/h3-26H2,1-2H3. The maximum absolute atomic E-state index is 2.30. The van der Waals surface area contributed by atoms with E-state index in [2.05, 4.69) is 25.6 Å². The fourth-order valence-corrected chi connectivity index (χ4v) is 4.86. The van der Waals surface area contributed by atoms with Gasteiger partial charge in [-0.1, -0.05) is 142 Å². The molecule has 0 radical (unpaired) electrons. The molecule has 0 nitrogen and oxygen atoms in total. The second kappa shape index (κ2) is 26.4. The van der Waals surface area contributed by atoms with Gasteiger partial charge in [0.25, 0.3) is 0 Å². The minimum Gasteiger partial charge on any atom is -0.162 e. The van der Waals surface area contributed by atoms with Crippen LogP contribution in [0, 0.1) is 0 Å². The molecule has 0 atom stereocenters. The largest absolute Gasteiger partial charge is 0.162 e. The van der Waals surface area contributed by atoms with Crippen LogP contribution in [-0.4, -0.2) is 11.5 Å². The Labute approximate surface area is 178 Å². The summed E-state index contributed by atoms with van der Waals surface area (Å²) < 4.78 is 0. The van der Waals surface area contributed by atoms with Crippen LogP contribution in [0.3, 0.4) is 0 Å². The Balaban J connectivity index is 2.95. The zero-order chi connectivity index (χ0) is 19.7. The molecule has 1 heteroatoms. The molecule has 0 rings (SSSR count). The molecule has 0 fully saturated rings. The summed E-state index contributed by atoms with van der Waals surface area (Å²) in [5.74, 6) is 2.82. The highest BCUT2D eigenvalue weighted by molar-refractivity contribution is 7.99. The van der Waals surface area contributed by atoms with Crippen molar-refractivity contribution in [1.29, 1.82) is 0 Å². The first-order valence-electron chi connectivity index (χ1n) is 13.0. The smallest absolute Gasteiger partial charge is 0.00675 e. The number of unbranched alkanes of at least 4 members (excludes halogenated alkanes) is 20. The van der Waals surface area contributed by atoms with E-state index in [1.807, 2.05) is 0 Å². The van der Waals surface area contributed by atoms with E-state index < -0.39 is 0 Å². The van der Waals surface area contributed by atoms with Gasteiger partial charge in [0.1, 0.15) is 0 Å². The number of rotatable bonds is 24. The quantitative estimate of drug-likeness (QED) is 0.146.